The van der Waals surface area contributed by atoms with Crippen molar-refractivity contribution < 1.29 is 9.72 Å². The van der Waals surface area contributed by atoms with Crippen molar-refractivity contribution in [3.8, 4) is 11.4 Å². The maximum absolute atomic E-state index is 12.3. The van der Waals surface area contributed by atoms with Crippen molar-refractivity contribution in [3.63, 3.8) is 0 Å². The lowest BCUT2D eigenvalue weighted by atomic mass is 10.1. The summed E-state index contributed by atoms with van der Waals surface area (Å²) in [5.74, 6) is 0.534. The number of nitrogens with zero attached hydrogens (tertiary/aromatic N) is 3. The fourth-order valence-electron chi connectivity index (χ4n) is 2.53. The number of nitrogens with one attached hydrogen (secondary N) is 1. The van der Waals surface area contributed by atoms with E-state index < -0.39 is 4.92 Å². The van der Waals surface area contributed by atoms with Crippen LogP contribution in [-0.4, -0.2) is 31.6 Å². The Morgan fingerprint density at radius 2 is 1.96 bits per heavy atom. The topological polar surface area (TPSA) is 102 Å². The third-order valence-electron chi connectivity index (χ3n) is 4.16. The molecule has 138 valence electrons. The summed E-state index contributed by atoms with van der Waals surface area (Å²) in [5.41, 5.74) is 2.95. The predicted octanol–water partition coefficient (Wildman–Crippen LogP) is 4.23. The van der Waals surface area contributed by atoms with Gasteiger partial charge < -0.3 is 0 Å². The van der Waals surface area contributed by atoms with Crippen molar-refractivity contribution in [1.29, 1.82) is 0 Å². The van der Waals surface area contributed by atoms with Crippen LogP contribution < -0.4 is 0 Å². The van der Waals surface area contributed by atoms with Crippen molar-refractivity contribution in [3.05, 3.63) is 69.3 Å². The van der Waals surface area contributed by atoms with Gasteiger partial charge in [-0.05, 0) is 18.9 Å². The number of aryl methyl sites for hydroxylation is 2. The molecule has 0 saturated carbocycles. The number of hydrogen-bond donors (Lipinski definition) is 1. The highest BCUT2D eigenvalue weighted by atomic mass is 32.2. The predicted molar refractivity (Wildman–Crippen MR) is 104 cm³/mol. The summed E-state index contributed by atoms with van der Waals surface area (Å²) in [6.45, 7) is 3.74. The van der Waals surface area contributed by atoms with Gasteiger partial charge in [0.2, 0.25) is 5.16 Å². The molecular formula is C19H18N4O3S. The van der Waals surface area contributed by atoms with Gasteiger partial charge in [0.1, 0.15) is 0 Å². The van der Waals surface area contributed by atoms with E-state index >= 15 is 0 Å². The first kappa shape index (κ1) is 18.8. The van der Waals surface area contributed by atoms with Crippen LogP contribution in [0.2, 0.25) is 0 Å². The van der Waals surface area contributed by atoms with Gasteiger partial charge in [-0.15, -0.1) is 5.10 Å². The Morgan fingerprint density at radius 1 is 1.22 bits per heavy atom. The van der Waals surface area contributed by atoms with Gasteiger partial charge in [0.05, 0.1) is 10.7 Å². The van der Waals surface area contributed by atoms with Gasteiger partial charge in [0.15, 0.2) is 11.6 Å². The van der Waals surface area contributed by atoms with Crippen molar-refractivity contribution >= 4 is 23.2 Å². The molecule has 0 aliphatic rings. The normalized spacial score (nSPS) is 10.7. The molecule has 3 rings (SSSR count). The number of carbonyl (C=O) groups is 1. The monoisotopic (exact) mass is 382 g/mol. The second kappa shape index (κ2) is 8.13. The number of H-pyrrole nitrogens is 1. The molecule has 1 N–H and O–H groups in total. The Balaban J connectivity index is 1.67. The lowest BCUT2D eigenvalue weighted by Gasteiger charge is -2.02. The molecule has 0 unspecified atom stereocenters. The lowest BCUT2D eigenvalue weighted by Crippen LogP contribution is -2.04. The highest BCUT2D eigenvalue weighted by Crippen LogP contribution is 2.23. The zero-order chi connectivity index (χ0) is 19.4. The van der Waals surface area contributed by atoms with Crippen LogP contribution in [0.3, 0.4) is 0 Å². The largest absolute Gasteiger partial charge is 0.293 e. The Kier molecular flexibility index (Phi) is 5.66. The summed E-state index contributed by atoms with van der Waals surface area (Å²) in [4.78, 5) is 27.3. The number of nitro benzene ring substituents is 1. The number of thioether (sulfide) groups is 1. The van der Waals surface area contributed by atoms with Gasteiger partial charge in [-0.2, -0.15) is 0 Å². The van der Waals surface area contributed by atoms with Crippen LogP contribution in [0.25, 0.3) is 11.4 Å². The van der Waals surface area contributed by atoms with Crippen LogP contribution in [0, 0.1) is 17.0 Å². The summed E-state index contributed by atoms with van der Waals surface area (Å²) in [5, 5.41) is 18.5. The van der Waals surface area contributed by atoms with Crippen molar-refractivity contribution in [2.24, 2.45) is 0 Å². The van der Waals surface area contributed by atoms with Gasteiger partial charge in [-0.1, -0.05) is 55.1 Å². The van der Waals surface area contributed by atoms with E-state index in [1.165, 1.54) is 23.4 Å². The Morgan fingerprint density at radius 3 is 2.63 bits per heavy atom. The molecule has 0 bridgehead atoms. The summed E-state index contributed by atoms with van der Waals surface area (Å²) in [7, 11) is 0. The molecule has 8 heteroatoms. The molecular weight excluding hydrogens is 364 g/mol. The number of nitro groups is 1. The fraction of sp³-hybridized carbons (Fsp3) is 0.211. The maximum Gasteiger partial charge on any atom is 0.273 e. The highest BCUT2D eigenvalue weighted by molar-refractivity contribution is 7.99. The van der Waals surface area contributed by atoms with Gasteiger partial charge in [0, 0.05) is 22.8 Å². The van der Waals surface area contributed by atoms with E-state index in [1.54, 1.807) is 19.1 Å². The van der Waals surface area contributed by atoms with Crippen molar-refractivity contribution in [1.82, 2.24) is 15.2 Å². The molecule has 1 aromatic heterocycles. The third-order valence-corrected chi connectivity index (χ3v) is 5.01. The molecule has 0 atom stereocenters. The molecule has 2 aromatic carbocycles. The van der Waals surface area contributed by atoms with E-state index in [2.05, 4.69) is 22.1 Å². The molecule has 0 aliphatic heterocycles. The van der Waals surface area contributed by atoms with E-state index in [4.69, 9.17) is 0 Å². The molecule has 1 heterocycles. The van der Waals surface area contributed by atoms with Crippen LogP contribution in [0.15, 0.2) is 47.6 Å². The molecule has 0 radical (unpaired) electrons. The summed E-state index contributed by atoms with van der Waals surface area (Å²) < 4.78 is 0. The van der Waals surface area contributed by atoms with Gasteiger partial charge in [-0.25, -0.2) is 4.98 Å². The number of hydrogen-bond acceptors (Lipinski definition) is 6. The molecule has 0 fully saturated rings. The zero-order valence-corrected chi connectivity index (χ0v) is 15.7. The number of rotatable bonds is 7. The van der Waals surface area contributed by atoms with E-state index in [9.17, 15) is 14.9 Å². The number of aromatic nitrogens is 3. The standard InChI is InChI=1S/C19H18N4O3S/c1-3-13-5-8-14(9-6-13)18-20-19(22-21-18)27-11-17(24)15-7-4-12(2)16(10-15)23(25)26/h4-10H,3,11H2,1-2H3,(H,20,21,22). The van der Waals surface area contributed by atoms with Crippen LogP contribution >= 0.6 is 11.8 Å². The fourth-order valence-corrected chi connectivity index (χ4v) is 3.22. The van der Waals surface area contributed by atoms with E-state index in [0.717, 1.165) is 12.0 Å². The van der Waals surface area contributed by atoms with Gasteiger partial charge in [0.25, 0.3) is 5.69 Å². The third kappa shape index (κ3) is 4.40. The van der Waals surface area contributed by atoms with E-state index in [-0.39, 0.29) is 17.2 Å². The quantitative estimate of drug-likeness (QED) is 0.284. The number of carbonyl (C=O) groups excluding carboxylic acids is 1. The van der Waals surface area contributed by atoms with Crippen LogP contribution in [-0.2, 0) is 6.42 Å². The number of benzene rings is 2. The second-order valence-corrected chi connectivity index (χ2v) is 6.93. The minimum absolute atomic E-state index is 0.0541. The Labute approximate surface area is 160 Å². The summed E-state index contributed by atoms with van der Waals surface area (Å²) in [6, 6.07) is 12.5. The van der Waals surface area contributed by atoms with E-state index in [1.807, 2.05) is 24.3 Å². The molecule has 0 saturated heterocycles. The average molecular weight is 382 g/mol. The smallest absolute Gasteiger partial charge is 0.273 e. The van der Waals surface area contributed by atoms with Gasteiger partial charge in [-0.3, -0.25) is 20.0 Å². The van der Waals surface area contributed by atoms with Crippen LogP contribution in [0.4, 0.5) is 5.69 Å². The first-order chi connectivity index (χ1) is 13.0. The first-order valence-electron chi connectivity index (χ1n) is 8.40. The first-order valence-corrected chi connectivity index (χ1v) is 9.39. The highest BCUT2D eigenvalue weighted by Gasteiger charge is 2.16. The van der Waals surface area contributed by atoms with Crippen molar-refractivity contribution in [2.45, 2.75) is 25.4 Å². The van der Waals surface area contributed by atoms with Crippen molar-refractivity contribution in [2.75, 3.05) is 5.75 Å². The molecule has 27 heavy (non-hydrogen) atoms. The summed E-state index contributed by atoms with van der Waals surface area (Å²) >= 11 is 1.19. The minimum atomic E-state index is -0.482. The number of ketones is 1. The Hall–Kier alpha value is -3.00. The maximum atomic E-state index is 12.3. The molecule has 0 amide bonds. The molecule has 0 aliphatic carbocycles. The van der Waals surface area contributed by atoms with Gasteiger partial charge >= 0.3 is 0 Å². The molecule has 0 spiro atoms. The second-order valence-electron chi connectivity index (χ2n) is 5.99. The molecule has 7 nitrogen and oxygen atoms in total. The Bertz CT molecular complexity index is 983. The average Bonchev–Trinajstić information content (AvgIpc) is 3.15. The van der Waals surface area contributed by atoms with Crippen LogP contribution in [0.5, 0.6) is 0 Å². The van der Waals surface area contributed by atoms with E-state index in [0.29, 0.717) is 22.1 Å². The summed E-state index contributed by atoms with van der Waals surface area (Å²) in [6.07, 6.45) is 0.969. The minimum Gasteiger partial charge on any atom is -0.293 e. The lowest BCUT2D eigenvalue weighted by molar-refractivity contribution is -0.385. The van der Waals surface area contributed by atoms with Crippen LogP contribution in [0.1, 0.15) is 28.4 Å². The zero-order valence-electron chi connectivity index (χ0n) is 14.9. The molecule has 3 aromatic rings. The SMILES string of the molecule is CCc1ccc(-c2nc(SCC(=O)c3ccc(C)c([N+](=O)[O-])c3)n[nH]2)cc1. The number of aromatic amines is 1. The number of Topliss-reactive ketones (excluding diaryl/α,β-unsaturated/α-hetero) is 1.